The first kappa shape index (κ1) is 21.6. The zero-order chi connectivity index (χ0) is 22.4. The topological polar surface area (TPSA) is 127 Å². The highest BCUT2D eigenvalue weighted by molar-refractivity contribution is 5.98. The summed E-state index contributed by atoms with van der Waals surface area (Å²) < 4.78 is 6.25. The second-order valence-corrected chi connectivity index (χ2v) is 6.65. The maximum absolute atomic E-state index is 12.7. The lowest BCUT2D eigenvalue weighted by molar-refractivity contribution is -0.121. The highest BCUT2D eigenvalue weighted by Crippen LogP contribution is 2.18. The minimum absolute atomic E-state index is 0.0819. The summed E-state index contributed by atoms with van der Waals surface area (Å²) in [6.07, 6.45) is 0. The zero-order valence-electron chi connectivity index (χ0n) is 16.9. The van der Waals surface area contributed by atoms with Gasteiger partial charge in [0.15, 0.2) is 12.3 Å². The van der Waals surface area contributed by atoms with Gasteiger partial charge in [0.1, 0.15) is 5.82 Å². The van der Waals surface area contributed by atoms with Crippen molar-refractivity contribution >= 4 is 23.4 Å². The summed E-state index contributed by atoms with van der Waals surface area (Å²) in [5, 5.41) is 0. The molecule has 0 spiro atoms. The molecule has 0 atom stereocenters. The number of rotatable bonds is 7. The molecule has 0 aliphatic carbocycles. The number of aromatic nitrogens is 2. The maximum atomic E-state index is 12.7. The number of H-pyrrole nitrogens is 1. The van der Waals surface area contributed by atoms with Gasteiger partial charge in [0.2, 0.25) is 0 Å². The van der Waals surface area contributed by atoms with Crippen LogP contribution in [0.1, 0.15) is 22.8 Å². The van der Waals surface area contributed by atoms with Gasteiger partial charge in [-0.25, -0.2) is 9.59 Å². The van der Waals surface area contributed by atoms with Crippen molar-refractivity contribution in [2.24, 2.45) is 0 Å². The summed E-state index contributed by atoms with van der Waals surface area (Å²) in [4.78, 5) is 52.9. The lowest BCUT2D eigenvalue weighted by Gasteiger charge is -2.23. The van der Waals surface area contributed by atoms with E-state index in [1.807, 2.05) is 30.3 Å². The molecule has 2 aromatic carbocycles. The number of esters is 1. The Morgan fingerprint density at radius 3 is 2.26 bits per heavy atom. The largest absolute Gasteiger partial charge is 0.452 e. The number of anilines is 2. The quantitative estimate of drug-likeness (QED) is 0.554. The highest BCUT2D eigenvalue weighted by atomic mass is 16.5. The summed E-state index contributed by atoms with van der Waals surface area (Å²) in [5.41, 5.74) is 5.58. The monoisotopic (exact) mass is 422 g/mol. The summed E-state index contributed by atoms with van der Waals surface area (Å²) >= 11 is 0. The molecule has 1 aromatic heterocycles. The van der Waals surface area contributed by atoms with E-state index in [4.69, 9.17) is 10.5 Å². The first-order chi connectivity index (χ1) is 14.9. The Morgan fingerprint density at radius 1 is 1.03 bits per heavy atom. The van der Waals surface area contributed by atoms with Crippen LogP contribution in [0, 0.1) is 0 Å². The number of hydrogen-bond acceptors (Lipinski definition) is 6. The number of likely N-dealkylation sites (N-methyl/N-ethyl adjacent to an activating group) is 1. The SMILES string of the molecule is CCN(C(=O)COC(=O)c1ccccc1)c1c(N)n(Cc2ccccc2)c(=O)[nH]c1=O. The van der Waals surface area contributed by atoms with E-state index in [0.29, 0.717) is 5.56 Å². The molecule has 3 rings (SSSR count). The Balaban J connectivity index is 1.85. The number of nitrogen functional groups attached to an aromatic ring is 1. The van der Waals surface area contributed by atoms with Gasteiger partial charge in [-0.1, -0.05) is 48.5 Å². The lowest BCUT2D eigenvalue weighted by atomic mass is 10.2. The average molecular weight is 422 g/mol. The smallest absolute Gasteiger partial charge is 0.338 e. The van der Waals surface area contributed by atoms with Crippen molar-refractivity contribution in [3.8, 4) is 0 Å². The van der Waals surface area contributed by atoms with Crippen LogP contribution >= 0.6 is 0 Å². The van der Waals surface area contributed by atoms with Gasteiger partial charge < -0.3 is 15.4 Å². The molecule has 1 heterocycles. The molecule has 0 aliphatic heterocycles. The van der Waals surface area contributed by atoms with Crippen LogP contribution in [0.25, 0.3) is 0 Å². The van der Waals surface area contributed by atoms with E-state index in [-0.39, 0.29) is 24.6 Å². The van der Waals surface area contributed by atoms with E-state index in [1.54, 1.807) is 37.3 Å². The van der Waals surface area contributed by atoms with E-state index < -0.39 is 29.7 Å². The standard InChI is InChI=1S/C22H22N4O5/c1-2-25(17(27)14-31-21(29)16-11-7-4-8-12-16)18-19(23)26(22(30)24-20(18)28)13-15-9-5-3-6-10-15/h3-12H,2,13-14,23H2,1H3,(H,24,28,30). The second-order valence-electron chi connectivity index (χ2n) is 6.65. The van der Waals surface area contributed by atoms with Gasteiger partial charge in [-0.05, 0) is 24.6 Å². The van der Waals surface area contributed by atoms with Gasteiger partial charge in [0, 0.05) is 6.54 Å². The molecule has 160 valence electrons. The van der Waals surface area contributed by atoms with Crippen molar-refractivity contribution in [2.75, 3.05) is 23.8 Å². The average Bonchev–Trinajstić information content (AvgIpc) is 2.78. The number of ether oxygens (including phenoxy) is 1. The molecule has 3 N–H and O–H groups in total. The third-order valence-electron chi connectivity index (χ3n) is 4.62. The predicted octanol–water partition coefficient (Wildman–Crippen LogP) is 1.38. The van der Waals surface area contributed by atoms with Gasteiger partial charge in [0.05, 0.1) is 12.1 Å². The maximum Gasteiger partial charge on any atom is 0.338 e. The van der Waals surface area contributed by atoms with Crippen LogP contribution in [-0.4, -0.2) is 34.6 Å². The van der Waals surface area contributed by atoms with Crippen LogP contribution in [0.3, 0.4) is 0 Å². The third-order valence-corrected chi connectivity index (χ3v) is 4.62. The first-order valence-electron chi connectivity index (χ1n) is 9.61. The van der Waals surface area contributed by atoms with Crippen LogP contribution in [0.15, 0.2) is 70.3 Å². The van der Waals surface area contributed by atoms with Crippen molar-refractivity contribution in [3.05, 3.63) is 92.6 Å². The Hall–Kier alpha value is -4.14. The van der Waals surface area contributed by atoms with Gasteiger partial charge >= 0.3 is 11.7 Å². The fourth-order valence-electron chi connectivity index (χ4n) is 3.08. The normalized spacial score (nSPS) is 10.5. The first-order valence-corrected chi connectivity index (χ1v) is 9.61. The molecular formula is C22H22N4O5. The van der Waals surface area contributed by atoms with E-state index >= 15 is 0 Å². The van der Waals surface area contributed by atoms with Gasteiger partial charge in [0.25, 0.3) is 11.5 Å². The summed E-state index contributed by atoms with van der Waals surface area (Å²) in [5.74, 6) is -1.46. The molecule has 9 heteroatoms. The number of hydrogen-bond donors (Lipinski definition) is 2. The van der Waals surface area contributed by atoms with E-state index in [1.165, 1.54) is 4.57 Å². The van der Waals surface area contributed by atoms with Crippen molar-refractivity contribution in [3.63, 3.8) is 0 Å². The van der Waals surface area contributed by atoms with Crippen molar-refractivity contribution in [1.82, 2.24) is 9.55 Å². The Kier molecular flexibility index (Phi) is 6.66. The number of nitrogens with zero attached hydrogens (tertiary/aromatic N) is 2. The molecule has 0 saturated carbocycles. The third kappa shape index (κ3) is 4.89. The molecule has 0 saturated heterocycles. The number of benzene rings is 2. The molecule has 9 nitrogen and oxygen atoms in total. The van der Waals surface area contributed by atoms with Gasteiger partial charge in [-0.3, -0.25) is 19.1 Å². The number of carbonyl (C=O) groups excluding carboxylic acids is 2. The number of nitrogens with one attached hydrogen (secondary N) is 1. The summed E-state index contributed by atoms with van der Waals surface area (Å²) in [6, 6.07) is 17.3. The van der Waals surface area contributed by atoms with Crippen LogP contribution in [0.4, 0.5) is 11.5 Å². The fourth-order valence-corrected chi connectivity index (χ4v) is 3.08. The molecule has 0 radical (unpaired) electrons. The molecule has 0 bridgehead atoms. The van der Waals surface area contributed by atoms with E-state index in [0.717, 1.165) is 10.5 Å². The predicted molar refractivity (Wildman–Crippen MR) is 116 cm³/mol. The number of nitrogens with two attached hydrogens (primary N) is 1. The molecule has 31 heavy (non-hydrogen) atoms. The molecule has 1 amide bonds. The number of aromatic amines is 1. The van der Waals surface area contributed by atoms with Crippen LogP contribution in [-0.2, 0) is 16.1 Å². The van der Waals surface area contributed by atoms with Crippen LogP contribution in [0.2, 0.25) is 0 Å². The van der Waals surface area contributed by atoms with Crippen LogP contribution in [0.5, 0.6) is 0 Å². The van der Waals surface area contributed by atoms with E-state index in [9.17, 15) is 19.2 Å². The lowest BCUT2D eigenvalue weighted by Crippen LogP contribution is -2.42. The second kappa shape index (κ2) is 9.57. The minimum atomic E-state index is -0.795. The summed E-state index contributed by atoms with van der Waals surface area (Å²) in [7, 11) is 0. The zero-order valence-corrected chi connectivity index (χ0v) is 16.9. The fraction of sp³-hybridized carbons (Fsp3) is 0.182. The highest BCUT2D eigenvalue weighted by Gasteiger charge is 2.24. The minimum Gasteiger partial charge on any atom is -0.452 e. The number of carbonyl (C=O) groups is 2. The van der Waals surface area contributed by atoms with Crippen molar-refractivity contribution in [1.29, 1.82) is 0 Å². The molecule has 0 unspecified atom stereocenters. The van der Waals surface area contributed by atoms with Crippen molar-refractivity contribution in [2.45, 2.75) is 13.5 Å². The van der Waals surface area contributed by atoms with Gasteiger partial charge in [-0.15, -0.1) is 0 Å². The Morgan fingerprint density at radius 2 is 1.65 bits per heavy atom. The summed E-state index contributed by atoms with van der Waals surface area (Å²) in [6.45, 7) is 1.25. The van der Waals surface area contributed by atoms with Crippen LogP contribution < -0.4 is 21.9 Å². The molecule has 0 fully saturated rings. The van der Waals surface area contributed by atoms with Gasteiger partial charge in [-0.2, -0.15) is 0 Å². The van der Waals surface area contributed by atoms with Crippen molar-refractivity contribution < 1.29 is 14.3 Å². The Labute approximate surface area is 177 Å². The molecular weight excluding hydrogens is 400 g/mol. The molecule has 0 aliphatic rings. The van der Waals surface area contributed by atoms with E-state index in [2.05, 4.69) is 4.98 Å². The Bertz CT molecular complexity index is 1190. The molecule has 3 aromatic rings. The number of amides is 1.